The number of fused-ring (bicyclic) bond motifs is 1. The molecule has 92 valence electrons. The van der Waals surface area contributed by atoms with E-state index in [4.69, 9.17) is 0 Å². The van der Waals surface area contributed by atoms with Crippen molar-refractivity contribution in [2.45, 2.75) is 26.8 Å². The highest BCUT2D eigenvalue weighted by molar-refractivity contribution is 5.96. The van der Waals surface area contributed by atoms with E-state index in [9.17, 15) is 4.79 Å². The first-order valence-corrected chi connectivity index (χ1v) is 6.38. The fraction of sp³-hybridized carbons (Fsp3) is 0.500. The van der Waals surface area contributed by atoms with Crippen LogP contribution in [0.1, 0.15) is 35.3 Å². The highest BCUT2D eigenvalue weighted by Crippen LogP contribution is 2.20. The summed E-state index contributed by atoms with van der Waals surface area (Å²) in [5.41, 5.74) is 3.39. The molecule has 1 aromatic rings. The van der Waals surface area contributed by atoms with Crippen molar-refractivity contribution in [3.05, 3.63) is 34.9 Å². The minimum absolute atomic E-state index is 0.163. The molecule has 0 saturated heterocycles. The first kappa shape index (κ1) is 12.1. The molecular formula is C14H20N2O. The average Bonchev–Trinajstić information content (AvgIpc) is 2.39. The van der Waals surface area contributed by atoms with Gasteiger partial charge in [0.1, 0.15) is 0 Å². The molecule has 0 unspecified atom stereocenters. The lowest BCUT2D eigenvalue weighted by atomic mass is 9.95. The minimum Gasteiger partial charge on any atom is -0.339 e. The van der Waals surface area contributed by atoms with Crippen molar-refractivity contribution in [1.82, 2.24) is 10.2 Å². The molecule has 1 heterocycles. The van der Waals surface area contributed by atoms with E-state index in [1.807, 2.05) is 30.9 Å². The second-order valence-corrected chi connectivity index (χ2v) is 4.35. The lowest BCUT2D eigenvalue weighted by Crippen LogP contribution is -2.33. The van der Waals surface area contributed by atoms with Crippen LogP contribution in [0.25, 0.3) is 0 Å². The van der Waals surface area contributed by atoms with E-state index >= 15 is 0 Å². The molecule has 1 aliphatic heterocycles. The SMILES string of the molecule is CCN(CC)C(=O)c1cccc2c1CNCC2. The second-order valence-electron chi connectivity index (χ2n) is 4.35. The molecule has 0 spiro atoms. The number of carbonyl (C=O) groups excluding carboxylic acids is 1. The van der Waals surface area contributed by atoms with Gasteiger partial charge in [0.25, 0.3) is 5.91 Å². The molecule has 0 radical (unpaired) electrons. The van der Waals surface area contributed by atoms with Gasteiger partial charge in [0, 0.05) is 25.2 Å². The first-order valence-electron chi connectivity index (χ1n) is 6.38. The van der Waals surface area contributed by atoms with Crippen molar-refractivity contribution in [1.29, 1.82) is 0 Å². The maximum absolute atomic E-state index is 12.4. The van der Waals surface area contributed by atoms with Crippen molar-refractivity contribution in [2.24, 2.45) is 0 Å². The lowest BCUT2D eigenvalue weighted by Gasteiger charge is -2.24. The van der Waals surface area contributed by atoms with Gasteiger partial charge in [-0.15, -0.1) is 0 Å². The summed E-state index contributed by atoms with van der Waals surface area (Å²) < 4.78 is 0. The predicted octanol–water partition coefficient (Wildman–Crippen LogP) is 1.81. The monoisotopic (exact) mass is 232 g/mol. The van der Waals surface area contributed by atoms with Gasteiger partial charge in [0.05, 0.1) is 0 Å². The zero-order chi connectivity index (χ0) is 12.3. The van der Waals surface area contributed by atoms with Crippen LogP contribution < -0.4 is 5.32 Å². The van der Waals surface area contributed by atoms with Gasteiger partial charge in [-0.05, 0) is 44.0 Å². The Morgan fingerprint density at radius 2 is 2.12 bits per heavy atom. The fourth-order valence-electron chi connectivity index (χ4n) is 2.40. The Bertz CT molecular complexity index is 411. The van der Waals surface area contributed by atoms with Crippen LogP contribution in [0, 0.1) is 0 Å². The molecule has 1 N–H and O–H groups in total. The van der Waals surface area contributed by atoms with Crippen molar-refractivity contribution >= 4 is 5.91 Å². The molecule has 3 heteroatoms. The molecule has 1 aliphatic rings. The molecule has 0 aromatic heterocycles. The van der Waals surface area contributed by atoms with Crippen molar-refractivity contribution < 1.29 is 4.79 Å². The van der Waals surface area contributed by atoms with Gasteiger partial charge in [-0.1, -0.05) is 12.1 Å². The topological polar surface area (TPSA) is 32.3 Å². The van der Waals surface area contributed by atoms with Gasteiger partial charge in [-0.3, -0.25) is 4.79 Å². The van der Waals surface area contributed by atoms with Gasteiger partial charge >= 0.3 is 0 Å². The molecule has 0 aliphatic carbocycles. The number of amides is 1. The number of nitrogens with zero attached hydrogens (tertiary/aromatic N) is 1. The Morgan fingerprint density at radius 1 is 1.35 bits per heavy atom. The predicted molar refractivity (Wildman–Crippen MR) is 69.1 cm³/mol. The molecule has 17 heavy (non-hydrogen) atoms. The molecule has 0 fully saturated rings. The molecular weight excluding hydrogens is 212 g/mol. The lowest BCUT2D eigenvalue weighted by molar-refractivity contribution is 0.0771. The maximum atomic E-state index is 12.4. The summed E-state index contributed by atoms with van der Waals surface area (Å²) in [5.74, 6) is 0.163. The van der Waals surface area contributed by atoms with E-state index in [0.717, 1.165) is 38.2 Å². The Kier molecular flexibility index (Phi) is 3.79. The van der Waals surface area contributed by atoms with E-state index < -0.39 is 0 Å². The number of benzene rings is 1. The molecule has 0 bridgehead atoms. The summed E-state index contributed by atoms with van der Waals surface area (Å²) in [7, 11) is 0. The number of rotatable bonds is 3. The van der Waals surface area contributed by atoms with Crippen LogP contribution in [0.3, 0.4) is 0 Å². The van der Waals surface area contributed by atoms with E-state index in [1.54, 1.807) is 0 Å². The summed E-state index contributed by atoms with van der Waals surface area (Å²) in [4.78, 5) is 14.3. The summed E-state index contributed by atoms with van der Waals surface area (Å²) in [6, 6.07) is 6.09. The Hall–Kier alpha value is -1.35. The summed E-state index contributed by atoms with van der Waals surface area (Å²) in [6.07, 6.45) is 1.02. The van der Waals surface area contributed by atoms with Crippen LogP contribution in [-0.4, -0.2) is 30.4 Å². The van der Waals surface area contributed by atoms with Crippen molar-refractivity contribution in [2.75, 3.05) is 19.6 Å². The van der Waals surface area contributed by atoms with Gasteiger partial charge in [0.2, 0.25) is 0 Å². The first-order chi connectivity index (χ1) is 8.27. The van der Waals surface area contributed by atoms with Crippen LogP contribution in [0.5, 0.6) is 0 Å². The van der Waals surface area contributed by atoms with Crippen molar-refractivity contribution in [3.63, 3.8) is 0 Å². The zero-order valence-corrected chi connectivity index (χ0v) is 10.6. The van der Waals surface area contributed by atoms with Crippen LogP contribution in [0.2, 0.25) is 0 Å². The summed E-state index contributed by atoms with van der Waals surface area (Å²) >= 11 is 0. The molecule has 0 atom stereocenters. The minimum atomic E-state index is 0.163. The number of nitrogens with one attached hydrogen (secondary N) is 1. The third-order valence-corrected chi connectivity index (χ3v) is 3.43. The third-order valence-electron chi connectivity index (χ3n) is 3.43. The highest BCUT2D eigenvalue weighted by atomic mass is 16.2. The normalized spacial score (nSPS) is 14.2. The van der Waals surface area contributed by atoms with Gasteiger partial charge < -0.3 is 10.2 Å². The van der Waals surface area contributed by atoms with E-state index in [1.165, 1.54) is 11.1 Å². The van der Waals surface area contributed by atoms with Crippen LogP contribution >= 0.6 is 0 Å². The van der Waals surface area contributed by atoms with E-state index in [2.05, 4.69) is 11.4 Å². The van der Waals surface area contributed by atoms with Crippen LogP contribution in [0.4, 0.5) is 0 Å². The van der Waals surface area contributed by atoms with Gasteiger partial charge in [-0.25, -0.2) is 0 Å². The fourth-order valence-corrected chi connectivity index (χ4v) is 2.40. The van der Waals surface area contributed by atoms with Crippen molar-refractivity contribution in [3.8, 4) is 0 Å². The van der Waals surface area contributed by atoms with Crippen LogP contribution in [0.15, 0.2) is 18.2 Å². The Labute approximate surface area is 103 Å². The third kappa shape index (κ3) is 2.34. The molecule has 3 nitrogen and oxygen atoms in total. The molecule has 0 saturated carbocycles. The summed E-state index contributed by atoms with van der Waals surface area (Å²) in [5, 5.41) is 3.34. The highest BCUT2D eigenvalue weighted by Gasteiger charge is 2.19. The second kappa shape index (κ2) is 5.32. The van der Waals surface area contributed by atoms with Gasteiger partial charge in [0.15, 0.2) is 0 Å². The summed E-state index contributed by atoms with van der Waals surface area (Å²) in [6.45, 7) is 7.41. The number of carbonyl (C=O) groups is 1. The Balaban J connectivity index is 2.35. The van der Waals surface area contributed by atoms with E-state index in [0.29, 0.717) is 0 Å². The molecule has 2 rings (SSSR count). The number of hydrogen-bond acceptors (Lipinski definition) is 2. The maximum Gasteiger partial charge on any atom is 0.254 e. The van der Waals surface area contributed by atoms with E-state index in [-0.39, 0.29) is 5.91 Å². The largest absolute Gasteiger partial charge is 0.339 e. The van der Waals surface area contributed by atoms with Crippen LogP contribution in [-0.2, 0) is 13.0 Å². The average molecular weight is 232 g/mol. The Morgan fingerprint density at radius 3 is 2.82 bits per heavy atom. The van der Waals surface area contributed by atoms with Gasteiger partial charge in [-0.2, -0.15) is 0 Å². The quantitative estimate of drug-likeness (QED) is 0.862. The molecule has 1 aromatic carbocycles. The molecule has 1 amide bonds. The number of hydrogen-bond donors (Lipinski definition) is 1. The standard InChI is InChI=1S/C14H20N2O/c1-3-16(4-2)14(17)12-7-5-6-11-8-9-15-10-13(11)12/h5-7,15H,3-4,8-10H2,1-2H3. The smallest absolute Gasteiger partial charge is 0.254 e. The zero-order valence-electron chi connectivity index (χ0n) is 10.6.